The van der Waals surface area contributed by atoms with E-state index in [1.54, 1.807) is 17.4 Å². The number of aliphatic hydroxyl groups is 1. The maximum atomic E-state index is 11.1. The fourth-order valence-electron chi connectivity index (χ4n) is 4.53. The van der Waals surface area contributed by atoms with E-state index in [1.807, 2.05) is 23.8 Å². The molecule has 2 rings (SSSR count). The number of hydrogen-bond donors (Lipinski definition) is 2. The van der Waals surface area contributed by atoms with E-state index < -0.39 is 5.60 Å². The van der Waals surface area contributed by atoms with E-state index in [4.69, 9.17) is 0 Å². The van der Waals surface area contributed by atoms with Gasteiger partial charge in [0.15, 0.2) is 0 Å². The lowest BCUT2D eigenvalue weighted by molar-refractivity contribution is 0.0458. The maximum Gasteiger partial charge on any atom is 0.135 e. The van der Waals surface area contributed by atoms with Gasteiger partial charge >= 0.3 is 0 Å². The molecule has 1 atom stereocenters. The zero-order valence-corrected chi connectivity index (χ0v) is 22.2. The van der Waals surface area contributed by atoms with Gasteiger partial charge in [-0.3, -0.25) is 0 Å². The molecule has 0 aliphatic carbocycles. The minimum atomic E-state index is -0.832. The molecule has 2 nitrogen and oxygen atoms in total. The van der Waals surface area contributed by atoms with Crippen LogP contribution in [0.4, 0.5) is 0 Å². The molecule has 0 bridgehead atoms. The Kier molecular flexibility index (Phi) is 13.6. The molecule has 32 heavy (non-hydrogen) atoms. The minimum Gasteiger partial charge on any atom is -0.506 e. The summed E-state index contributed by atoms with van der Waals surface area (Å²) in [6, 6.07) is 3.75. The number of rotatable bonds is 19. The summed E-state index contributed by atoms with van der Waals surface area (Å²) in [6.45, 7) is 4.21. The van der Waals surface area contributed by atoms with Gasteiger partial charge in [0.1, 0.15) is 5.75 Å². The molecule has 2 aromatic rings. The van der Waals surface area contributed by atoms with Gasteiger partial charge in [0.05, 0.1) is 15.4 Å². The van der Waals surface area contributed by atoms with Gasteiger partial charge < -0.3 is 10.2 Å². The van der Waals surface area contributed by atoms with Gasteiger partial charge in [-0.05, 0) is 36.2 Å². The topological polar surface area (TPSA) is 40.5 Å². The lowest BCUT2D eigenvalue weighted by Crippen LogP contribution is -2.20. The molecule has 0 spiro atoms. The number of aromatic hydroxyl groups is 1. The number of hydrogen-bond acceptors (Lipinski definition) is 4. The molecule has 2 heterocycles. The monoisotopic (exact) mass is 478 g/mol. The second-order valence-electron chi connectivity index (χ2n) is 9.63. The Balaban J connectivity index is 1.48. The summed E-state index contributed by atoms with van der Waals surface area (Å²) in [4.78, 5) is 1.89. The molecule has 0 amide bonds. The number of thiophene rings is 2. The summed E-state index contributed by atoms with van der Waals surface area (Å²) in [5.41, 5.74) is 0.128. The highest BCUT2D eigenvalue weighted by atomic mass is 32.1. The quantitative estimate of drug-likeness (QED) is 0.197. The van der Waals surface area contributed by atoms with Crippen molar-refractivity contribution in [2.24, 2.45) is 0 Å². The van der Waals surface area contributed by atoms with Gasteiger partial charge in [-0.2, -0.15) is 0 Å². The second-order valence-corrected chi connectivity index (χ2v) is 11.5. The molecule has 0 saturated carbocycles. The van der Waals surface area contributed by atoms with Crippen LogP contribution in [-0.4, -0.2) is 10.2 Å². The van der Waals surface area contributed by atoms with Crippen LogP contribution in [0.5, 0.6) is 5.75 Å². The summed E-state index contributed by atoms with van der Waals surface area (Å²) in [6.07, 6.45) is 22.6. The molecule has 4 heteroatoms. The smallest absolute Gasteiger partial charge is 0.135 e. The summed E-state index contributed by atoms with van der Waals surface area (Å²) < 4.78 is 0. The van der Waals surface area contributed by atoms with Crippen LogP contribution in [0.25, 0.3) is 9.75 Å². The fourth-order valence-corrected chi connectivity index (χ4v) is 6.53. The van der Waals surface area contributed by atoms with Crippen LogP contribution in [0.1, 0.15) is 129 Å². The van der Waals surface area contributed by atoms with Crippen LogP contribution in [0.2, 0.25) is 0 Å². The second kappa shape index (κ2) is 15.9. The Bertz CT molecular complexity index is 717. The van der Waals surface area contributed by atoms with Crippen molar-refractivity contribution in [1.29, 1.82) is 0 Å². The third-order valence-electron chi connectivity index (χ3n) is 6.61. The average Bonchev–Trinajstić information content (AvgIpc) is 3.42. The molecule has 1 unspecified atom stereocenters. The molecule has 0 aromatic carbocycles. The third kappa shape index (κ3) is 9.97. The van der Waals surface area contributed by atoms with Gasteiger partial charge in [-0.15, -0.1) is 22.7 Å². The standard InChI is InChI=1S/C28H46O2S2/c1-3-4-5-6-7-8-9-10-11-12-13-14-15-16-17-18-21-28(2,30)24-19-22-31-26(24)27-25(29)20-23-32-27/h19-20,22-23,29-30H,3-18,21H2,1-2H3. The zero-order chi connectivity index (χ0) is 23.1. The summed E-state index contributed by atoms with van der Waals surface area (Å²) >= 11 is 3.14. The van der Waals surface area contributed by atoms with Crippen LogP contribution in [-0.2, 0) is 5.60 Å². The molecular weight excluding hydrogens is 432 g/mol. The van der Waals surface area contributed by atoms with Crippen LogP contribution < -0.4 is 0 Å². The molecule has 0 aliphatic rings. The molecule has 0 aliphatic heterocycles. The van der Waals surface area contributed by atoms with Gasteiger partial charge in [0.25, 0.3) is 0 Å². The van der Waals surface area contributed by atoms with E-state index in [-0.39, 0.29) is 0 Å². The molecule has 0 fully saturated rings. The van der Waals surface area contributed by atoms with Gasteiger partial charge in [-0.1, -0.05) is 110 Å². The lowest BCUT2D eigenvalue weighted by Gasteiger charge is -2.24. The maximum absolute atomic E-state index is 11.1. The first-order valence-electron chi connectivity index (χ1n) is 13.1. The molecule has 0 radical (unpaired) electrons. The van der Waals surface area contributed by atoms with Gasteiger partial charge in [0.2, 0.25) is 0 Å². The van der Waals surface area contributed by atoms with E-state index >= 15 is 0 Å². The Hall–Kier alpha value is -0.840. The van der Waals surface area contributed by atoms with Gasteiger partial charge in [-0.25, -0.2) is 0 Å². The van der Waals surface area contributed by atoms with E-state index in [2.05, 4.69) is 6.92 Å². The Labute approximate surface area is 205 Å². The van der Waals surface area contributed by atoms with Crippen molar-refractivity contribution in [2.75, 3.05) is 0 Å². The van der Waals surface area contributed by atoms with Gasteiger partial charge in [0, 0.05) is 5.56 Å². The number of unbranched alkanes of at least 4 members (excludes halogenated alkanes) is 15. The first-order valence-corrected chi connectivity index (χ1v) is 14.9. The van der Waals surface area contributed by atoms with Crippen molar-refractivity contribution in [2.45, 2.75) is 129 Å². The summed E-state index contributed by atoms with van der Waals surface area (Å²) in [5.74, 6) is 0.317. The van der Waals surface area contributed by atoms with Crippen LogP contribution in [0, 0.1) is 0 Å². The Morgan fingerprint density at radius 2 is 1.09 bits per heavy atom. The van der Waals surface area contributed by atoms with E-state index in [0.29, 0.717) is 5.75 Å². The third-order valence-corrected chi connectivity index (χ3v) is 8.60. The van der Waals surface area contributed by atoms with Crippen molar-refractivity contribution in [3.8, 4) is 15.5 Å². The normalized spacial score (nSPS) is 13.5. The largest absolute Gasteiger partial charge is 0.506 e. The van der Waals surface area contributed by atoms with Crippen LogP contribution in [0.3, 0.4) is 0 Å². The highest BCUT2D eigenvalue weighted by Crippen LogP contribution is 2.44. The van der Waals surface area contributed by atoms with E-state index in [1.165, 1.54) is 108 Å². The van der Waals surface area contributed by atoms with Crippen molar-refractivity contribution in [1.82, 2.24) is 0 Å². The predicted molar refractivity (Wildman–Crippen MR) is 143 cm³/mol. The van der Waals surface area contributed by atoms with E-state index in [9.17, 15) is 10.2 Å². The molecule has 2 aromatic heterocycles. The van der Waals surface area contributed by atoms with Crippen LogP contribution >= 0.6 is 22.7 Å². The van der Waals surface area contributed by atoms with E-state index in [0.717, 1.165) is 28.2 Å². The molecule has 182 valence electrons. The first kappa shape index (κ1) is 27.4. The highest BCUT2D eigenvalue weighted by Gasteiger charge is 2.28. The molecule has 0 saturated heterocycles. The van der Waals surface area contributed by atoms with Crippen LogP contribution in [0.15, 0.2) is 22.9 Å². The molecular formula is C28H46O2S2. The van der Waals surface area contributed by atoms with Crippen molar-refractivity contribution in [3.05, 3.63) is 28.5 Å². The Morgan fingerprint density at radius 1 is 0.656 bits per heavy atom. The average molecular weight is 479 g/mol. The summed E-state index contributed by atoms with van der Waals surface area (Å²) in [5, 5.41) is 25.1. The summed E-state index contributed by atoms with van der Waals surface area (Å²) in [7, 11) is 0. The lowest BCUT2D eigenvalue weighted by atomic mass is 9.90. The minimum absolute atomic E-state index is 0.317. The van der Waals surface area contributed by atoms with Crippen molar-refractivity contribution >= 4 is 22.7 Å². The first-order chi connectivity index (χ1) is 15.6. The van der Waals surface area contributed by atoms with Crippen molar-refractivity contribution < 1.29 is 10.2 Å². The van der Waals surface area contributed by atoms with Crippen molar-refractivity contribution in [3.63, 3.8) is 0 Å². The highest BCUT2D eigenvalue weighted by molar-refractivity contribution is 7.20. The predicted octanol–water partition coefficient (Wildman–Crippen LogP) is 10.0. The fraction of sp³-hybridized carbons (Fsp3) is 0.714. The molecule has 2 N–H and O–H groups in total. The SMILES string of the molecule is CCCCCCCCCCCCCCCCCCC(C)(O)c1ccsc1-c1sccc1O. The Morgan fingerprint density at radius 3 is 1.56 bits per heavy atom. The zero-order valence-electron chi connectivity index (χ0n) is 20.5.